The Hall–Kier alpha value is -2.24. The number of quaternary nitrogens is 1. The van der Waals surface area contributed by atoms with Crippen molar-refractivity contribution in [2.45, 2.75) is 18.9 Å². The number of likely N-dealkylation sites (N-methyl/N-ethyl adjacent to an activating group) is 1. The Labute approximate surface area is 128 Å². The van der Waals surface area contributed by atoms with Crippen molar-refractivity contribution in [1.29, 1.82) is 0 Å². The number of fused-ring (bicyclic) bond motifs is 1. The van der Waals surface area contributed by atoms with E-state index in [0.717, 1.165) is 16.7 Å². The summed E-state index contributed by atoms with van der Waals surface area (Å²) < 4.78 is -0.419. The minimum absolute atomic E-state index is 0.149. The molecule has 0 amide bonds. The van der Waals surface area contributed by atoms with Crippen LogP contribution in [-0.2, 0) is 12.8 Å². The molecule has 2 aromatic rings. The molecule has 0 saturated carbocycles. The molecule has 2 atom stereocenters. The highest BCUT2D eigenvalue weighted by atomic mass is 16.5. The van der Waals surface area contributed by atoms with Gasteiger partial charge in [-0.15, -0.1) is 0 Å². The predicted molar refractivity (Wildman–Crippen MR) is 82.4 cm³/mol. The number of nitrogens with zero attached hydrogens (tertiary/aromatic N) is 1. The van der Waals surface area contributed by atoms with Crippen LogP contribution < -0.4 is 0 Å². The lowest BCUT2D eigenvalue weighted by Gasteiger charge is -2.49. The summed E-state index contributed by atoms with van der Waals surface area (Å²) in [6.45, 7) is 0.431. The molecule has 5 nitrogen and oxygen atoms in total. The smallest absolute Gasteiger partial charge is 0.157 e. The van der Waals surface area contributed by atoms with Crippen LogP contribution in [0.4, 0.5) is 0 Å². The minimum atomic E-state index is -0.419. The molecule has 0 spiro atoms. The molecule has 0 aliphatic carbocycles. The van der Waals surface area contributed by atoms with Crippen LogP contribution in [0.25, 0.3) is 0 Å². The van der Waals surface area contributed by atoms with Crippen molar-refractivity contribution in [3.63, 3.8) is 0 Å². The summed E-state index contributed by atoms with van der Waals surface area (Å²) in [5.74, 6) is -0.157. The van der Waals surface area contributed by atoms with E-state index in [0.29, 0.717) is 19.4 Å². The van der Waals surface area contributed by atoms with Gasteiger partial charge in [-0.05, 0) is 35.4 Å². The topological polar surface area (TPSA) is 83.8 Å². The van der Waals surface area contributed by atoms with Crippen LogP contribution in [0, 0.1) is 5.21 Å². The van der Waals surface area contributed by atoms with E-state index in [1.165, 1.54) is 6.07 Å². The maximum absolute atomic E-state index is 12.8. The standard InChI is InChI=1S/C17H19NO4/c1-18(22)7-6-12-9-16(20)17(21)10-14(12)15(18)8-11-2-4-13(19)5-3-11/h2-5,9-10,15,19-21H,6-8H2,1H3/t15-,18-/m1/s1. The van der Waals surface area contributed by atoms with Gasteiger partial charge in [0.2, 0.25) is 0 Å². The summed E-state index contributed by atoms with van der Waals surface area (Å²) in [6, 6.07) is 9.50. The van der Waals surface area contributed by atoms with E-state index >= 15 is 0 Å². The number of rotatable bonds is 2. The zero-order valence-corrected chi connectivity index (χ0v) is 12.4. The second-order valence-corrected chi connectivity index (χ2v) is 6.07. The van der Waals surface area contributed by atoms with Gasteiger partial charge < -0.3 is 25.2 Å². The summed E-state index contributed by atoms with van der Waals surface area (Å²) in [4.78, 5) is 0. The highest BCUT2D eigenvalue weighted by molar-refractivity contribution is 5.47. The maximum Gasteiger partial charge on any atom is 0.157 e. The molecule has 22 heavy (non-hydrogen) atoms. The molecule has 0 fully saturated rings. The highest BCUT2D eigenvalue weighted by Crippen LogP contribution is 2.41. The third-order valence-electron chi connectivity index (χ3n) is 4.45. The van der Waals surface area contributed by atoms with Crippen LogP contribution in [0.3, 0.4) is 0 Å². The Morgan fingerprint density at radius 2 is 1.73 bits per heavy atom. The number of hydrogen-bond acceptors (Lipinski definition) is 4. The molecule has 0 radical (unpaired) electrons. The Morgan fingerprint density at radius 1 is 1.09 bits per heavy atom. The van der Waals surface area contributed by atoms with E-state index in [1.807, 2.05) is 0 Å². The molecule has 0 unspecified atom stereocenters. The van der Waals surface area contributed by atoms with Crippen molar-refractivity contribution in [3.05, 3.63) is 58.3 Å². The summed E-state index contributed by atoms with van der Waals surface area (Å²) in [6.07, 6.45) is 1.09. The van der Waals surface area contributed by atoms with E-state index < -0.39 is 4.65 Å². The normalized spacial score (nSPS) is 24.0. The van der Waals surface area contributed by atoms with Gasteiger partial charge in [-0.25, -0.2) is 0 Å². The second kappa shape index (κ2) is 5.19. The molecule has 0 bridgehead atoms. The molecule has 0 aromatic heterocycles. The van der Waals surface area contributed by atoms with Gasteiger partial charge in [0.25, 0.3) is 0 Å². The molecule has 1 aliphatic rings. The fraction of sp³-hybridized carbons (Fsp3) is 0.294. The molecule has 116 valence electrons. The zero-order chi connectivity index (χ0) is 15.9. The molecule has 5 heteroatoms. The number of phenolic OH excluding ortho intramolecular Hbond substituents is 3. The Kier molecular flexibility index (Phi) is 3.47. The van der Waals surface area contributed by atoms with E-state index in [-0.39, 0.29) is 23.3 Å². The van der Waals surface area contributed by atoms with Crippen molar-refractivity contribution in [3.8, 4) is 17.2 Å². The van der Waals surface area contributed by atoms with Crippen LogP contribution >= 0.6 is 0 Å². The van der Waals surface area contributed by atoms with Crippen LogP contribution in [0.1, 0.15) is 22.7 Å². The molecular weight excluding hydrogens is 282 g/mol. The average molecular weight is 301 g/mol. The monoisotopic (exact) mass is 301 g/mol. The first kappa shape index (κ1) is 14.7. The molecular formula is C17H19NO4. The predicted octanol–water partition coefficient (Wildman–Crippen LogP) is 2.59. The lowest BCUT2D eigenvalue weighted by molar-refractivity contribution is -0.894. The van der Waals surface area contributed by atoms with Crippen molar-refractivity contribution in [2.24, 2.45) is 0 Å². The second-order valence-electron chi connectivity index (χ2n) is 6.07. The van der Waals surface area contributed by atoms with Gasteiger partial charge in [-0.1, -0.05) is 12.1 Å². The summed E-state index contributed by atoms with van der Waals surface area (Å²) in [7, 11) is 1.64. The van der Waals surface area contributed by atoms with Crippen LogP contribution in [0.15, 0.2) is 36.4 Å². The van der Waals surface area contributed by atoms with Gasteiger partial charge in [0.1, 0.15) is 11.8 Å². The Balaban J connectivity index is 2.01. The first-order valence-electron chi connectivity index (χ1n) is 7.26. The molecule has 3 N–H and O–H groups in total. The first-order chi connectivity index (χ1) is 10.4. The highest BCUT2D eigenvalue weighted by Gasteiger charge is 2.34. The molecule has 3 rings (SSSR count). The van der Waals surface area contributed by atoms with E-state index in [1.54, 1.807) is 37.4 Å². The average Bonchev–Trinajstić information content (AvgIpc) is 2.46. The Morgan fingerprint density at radius 3 is 2.41 bits per heavy atom. The minimum Gasteiger partial charge on any atom is -0.633 e. The SMILES string of the molecule is C[N@@+]1([O-])CCc2cc(O)c(O)cc2[C@H]1Cc1ccc(O)cc1. The number of benzene rings is 2. The van der Waals surface area contributed by atoms with Gasteiger partial charge in [-0.2, -0.15) is 0 Å². The van der Waals surface area contributed by atoms with E-state index in [4.69, 9.17) is 0 Å². The van der Waals surface area contributed by atoms with Crippen LogP contribution in [0.5, 0.6) is 17.2 Å². The third kappa shape index (κ3) is 2.61. The quantitative estimate of drug-likeness (QED) is 0.452. The van der Waals surface area contributed by atoms with E-state index in [2.05, 4.69) is 0 Å². The number of hydrogen-bond donors (Lipinski definition) is 3. The summed E-state index contributed by atoms with van der Waals surface area (Å²) in [5.41, 5.74) is 2.64. The van der Waals surface area contributed by atoms with Crippen molar-refractivity contribution in [2.75, 3.05) is 13.6 Å². The van der Waals surface area contributed by atoms with Crippen molar-refractivity contribution >= 4 is 0 Å². The van der Waals surface area contributed by atoms with Gasteiger partial charge in [0.15, 0.2) is 11.5 Å². The van der Waals surface area contributed by atoms with Crippen molar-refractivity contribution in [1.82, 2.24) is 0 Å². The van der Waals surface area contributed by atoms with Crippen LogP contribution in [-0.4, -0.2) is 33.6 Å². The van der Waals surface area contributed by atoms with Crippen LogP contribution in [0.2, 0.25) is 0 Å². The first-order valence-corrected chi connectivity index (χ1v) is 7.26. The number of aromatic hydroxyl groups is 3. The molecule has 2 aromatic carbocycles. The number of hydroxylamine groups is 3. The number of phenols is 3. The molecule has 0 saturated heterocycles. The lowest BCUT2D eigenvalue weighted by Crippen LogP contribution is -2.47. The summed E-state index contributed by atoms with van der Waals surface area (Å²) in [5, 5.41) is 41.6. The van der Waals surface area contributed by atoms with Crippen molar-refractivity contribution < 1.29 is 20.0 Å². The third-order valence-corrected chi connectivity index (χ3v) is 4.45. The largest absolute Gasteiger partial charge is 0.633 e. The fourth-order valence-corrected chi connectivity index (χ4v) is 3.11. The van der Waals surface area contributed by atoms with Gasteiger partial charge in [0.05, 0.1) is 13.6 Å². The van der Waals surface area contributed by atoms with Gasteiger partial charge in [-0.3, -0.25) is 0 Å². The molecule has 1 aliphatic heterocycles. The summed E-state index contributed by atoms with van der Waals surface area (Å²) >= 11 is 0. The maximum atomic E-state index is 12.8. The van der Waals surface area contributed by atoms with E-state index in [9.17, 15) is 20.5 Å². The molecule has 1 heterocycles. The zero-order valence-electron chi connectivity index (χ0n) is 12.4. The Bertz CT molecular complexity index is 695. The van der Waals surface area contributed by atoms with Gasteiger partial charge in [0, 0.05) is 18.4 Å². The lowest BCUT2D eigenvalue weighted by atomic mass is 9.88. The van der Waals surface area contributed by atoms with Gasteiger partial charge >= 0.3 is 0 Å². The fourth-order valence-electron chi connectivity index (χ4n) is 3.11.